The number of carbonyl (C=O) groups is 1. The molecule has 3 rings (SSSR count). The third kappa shape index (κ3) is 2.33. The van der Waals surface area contributed by atoms with Gasteiger partial charge in [-0.25, -0.2) is 0 Å². The molecule has 0 unspecified atom stereocenters. The number of aromatic nitrogens is 1. The molecule has 3 nitrogen and oxygen atoms in total. The number of nitrogens with one attached hydrogen (secondary N) is 1. The van der Waals surface area contributed by atoms with Crippen molar-refractivity contribution in [1.29, 1.82) is 0 Å². The van der Waals surface area contributed by atoms with Gasteiger partial charge in [-0.05, 0) is 24.3 Å². The average molecular weight is 272 g/mol. The lowest BCUT2D eigenvalue weighted by molar-refractivity contribution is 0.112. The zero-order valence-corrected chi connectivity index (χ0v) is 10.6. The van der Waals surface area contributed by atoms with Crippen molar-refractivity contribution in [2.45, 2.75) is 0 Å². The first-order valence-electron chi connectivity index (χ1n) is 5.76. The van der Waals surface area contributed by atoms with Crippen molar-refractivity contribution in [3.05, 3.63) is 59.2 Å². The monoisotopic (exact) mass is 271 g/mol. The fraction of sp³-hybridized carbons (Fsp3) is 0. The maximum absolute atomic E-state index is 10.8. The number of hydrogen-bond donors (Lipinski definition) is 1. The van der Waals surface area contributed by atoms with Gasteiger partial charge in [-0.3, -0.25) is 4.79 Å². The number of hydrogen-bond acceptors (Lipinski definition) is 2. The second-order valence-electron chi connectivity index (χ2n) is 4.12. The summed E-state index contributed by atoms with van der Waals surface area (Å²) in [5.74, 6) is 1.35. The minimum Gasteiger partial charge on any atom is -0.457 e. The van der Waals surface area contributed by atoms with Crippen LogP contribution in [0.25, 0.3) is 10.9 Å². The molecule has 0 saturated carbocycles. The Balaban J connectivity index is 2.11. The Bertz CT molecular complexity index is 734. The summed E-state index contributed by atoms with van der Waals surface area (Å²) in [6.07, 6.45) is 0.764. The van der Waals surface area contributed by atoms with E-state index in [1.807, 2.05) is 30.3 Å². The lowest BCUT2D eigenvalue weighted by atomic mass is 10.2. The van der Waals surface area contributed by atoms with Crippen molar-refractivity contribution in [2.24, 2.45) is 0 Å². The molecule has 0 saturated heterocycles. The number of rotatable bonds is 3. The second kappa shape index (κ2) is 4.78. The largest absolute Gasteiger partial charge is 0.457 e. The summed E-state index contributed by atoms with van der Waals surface area (Å²) in [4.78, 5) is 13.8. The third-order valence-corrected chi connectivity index (χ3v) is 3.00. The number of ether oxygens (including phenoxy) is 1. The second-order valence-corrected chi connectivity index (χ2v) is 4.56. The van der Waals surface area contributed by atoms with Gasteiger partial charge in [0.15, 0.2) is 6.29 Å². The molecule has 2 aromatic carbocycles. The van der Waals surface area contributed by atoms with Gasteiger partial charge in [-0.2, -0.15) is 0 Å². The highest BCUT2D eigenvalue weighted by atomic mass is 35.5. The summed E-state index contributed by atoms with van der Waals surface area (Å²) in [5, 5.41) is 1.38. The molecule has 1 heterocycles. The summed E-state index contributed by atoms with van der Waals surface area (Å²) in [6, 6.07) is 14.7. The van der Waals surface area contributed by atoms with Crippen LogP contribution >= 0.6 is 11.6 Å². The molecule has 3 aromatic rings. The van der Waals surface area contributed by atoms with Crippen LogP contribution in [0.3, 0.4) is 0 Å². The molecule has 0 aliphatic carbocycles. The average Bonchev–Trinajstić information content (AvgIpc) is 2.83. The third-order valence-electron chi connectivity index (χ3n) is 2.78. The minimum absolute atomic E-state index is 0.496. The van der Waals surface area contributed by atoms with Crippen molar-refractivity contribution in [3.8, 4) is 11.5 Å². The number of fused-ring (bicyclic) bond motifs is 1. The van der Waals surface area contributed by atoms with Gasteiger partial charge in [0, 0.05) is 16.5 Å². The van der Waals surface area contributed by atoms with E-state index in [1.54, 1.807) is 18.2 Å². The Hall–Kier alpha value is -2.26. The summed E-state index contributed by atoms with van der Waals surface area (Å²) in [6.45, 7) is 0. The topological polar surface area (TPSA) is 42.1 Å². The van der Waals surface area contributed by atoms with Crippen LogP contribution in [0.5, 0.6) is 11.5 Å². The van der Waals surface area contributed by atoms with Crippen molar-refractivity contribution in [1.82, 2.24) is 4.98 Å². The van der Waals surface area contributed by atoms with Crippen LogP contribution in [0.4, 0.5) is 0 Å². The molecule has 94 valence electrons. The highest BCUT2D eigenvalue weighted by Crippen LogP contribution is 2.33. The van der Waals surface area contributed by atoms with Gasteiger partial charge in [-0.15, -0.1) is 0 Å². The quantitative estimate of drug-likeness (QED) is 0.716. The van der Waals surface area contributed by atoms with Gasteiger partial charge < -0.3 is 9.72 Å². The molecule has 0 spiro atoms. The van der Waals surface area contributed by atoms with Crippen LogP contribution < -0.4 is 4.74 Å². The van der Waals surface area contributed by atoms with Gasteiger partial charge >= 0.3 is 0 Å². The SMILES string of the molecule is O=Cc1cc2c(Oc3ccccc3)cc(Cl)cc2[nH]1. The first-order chi connectivity index (χ1) is 9.26. The highest BCUT2D eigenvalue weighted by Gasteiger charge is 2.09. The Morgan fingerprint density at radius 2 is 1.89 bits per heavy atom. The van der Waals surface area contributed by atoms with Crippen LogP contribution in [0.2, 0.25) is 5.02 Å². The van der Waals surface area contributed by atoms with Crippen molar-refractivity contribution in [2.75, 3.05) is 0 Å². The molecule has 0 aliphatic rings. The molecule has 4 heteroatoms. The molecule has 0 fully saturated rings. The molecule has 0 amide bonds. The zero-order valence-electron chi connectivity index (χ0n) is 9.89. The Morgan fingerprint density at radius 3 is 2.63 bits per heavy atom. The van der Waals surface area contributed by atoms with Crippen LogP contribution in [0, 0.1) is 0 Å². The Labute approximate surface area is 114 Å². The molecule has 0 radical (unpaired) electrons. The van der Waals surface area contributed by atoms with E-state index < -0.39 is 0 Å². The van der Waals surface area contributed by atoms with Crippen LogP contribution in [-0.2, 0) is 0 Å². The van der Waals surface area contributed by atoms with E-state index in [0.29, 0.717) is 16.5 Å². The summed E-state index contributed by atoms with van der Waals surface area (Å²) in [7, 11) is 0. The maximum Gasteiger partial charge on any atom is 0.166 e. The van der Waals surface area contributed by atoms with E-state index in [9.17, 15) is 4.79 Å². The van der Waals surface area contributed by atoms with E-state index in [4.69, 9.17) is 16.3 Å². The molecular weight excluding hydrogens is 262 g/mol. The first kappa shape index (κ1) is 11.8. The van der Waals surface area contributed by atoms with E-state index in [0.717, 1.165) is 22.9 Å². The van der Waals surface area contributed by atoms with E-state index in [2.05, 4.69) is 4.98 Å². The number of carbonyl (C=O) groups excluding carboxylic acids is 1. The fourth-order valence-electron chi connectivity index (χ4n) is 1.96. The summed E-state index contributed by atoms with van der Waals surface area (Å²) in [5.41, 5.74) is 1.27. The van der Waals surface area contributed by atoms with Crippen molar-refractivity contribution >= 4 is 28.8 Å². The smallest absolute Gasteiger partial charge is 0.166 e. The zero-order chi connectivity index (χ0) is 13.2. The van der Waals surface area contributed by atoms with Crippen LogP contribution in [0.15, 0.2) is 48.5 Å². The normalized spacial score (nSPS) is 10.6. The van der Waals surface area contributed by atoms with Crippen LogP contribution in [-0.4, -0.2) is 11.3 Å². The van der Waals surface area contributed by atoms with Crippen molar-refractivity contribution in [3.63, 3.8) is 0 Å². The molecule has 1 N–H and O–H groups in total. The lowest BCUT2D eigenvalue weighted by Gasteiger charge is -2.07. The number of halogens is 1. The lowest BCUT2D eigenvalue weighted by Crippen LogP contribution is -1.84. The fourth-order valence-corrected chi connectivity index (χ4v) is 2.16. The standard InChI is InChI=1S/C15H10ClNO2/c16-10-6-14-13(8-11(9-18)17-14)15(7-10)19-12-4-2-1-3-5-12/h1-9,17H. The Morgan fingerprint density at radius 1 is 1.11 bits per heavy atom. The number of aromatic amines is 1. The number of H-pyrrole nitrogens is 1. The number of aldehydes is 1. The number of benzene rings is 2. The van der Waals surface area contributed by atoms with Gasteiger partial charge in [0.1, 0.15) is 11.5 Å². The summed E-state index contributed by atoms with van der Waals surface area (Å²) >= 11 is 6.05. The molecule has 0 aliphatic heterocycles. The molecule has 1 aromatic heterocycles. The molecule has 19 heavy (non-hydrogen) atoms. The van der Waals surface area contributed by atoms with Crippen LogP contribution in [0.1, 0.15) is 10.5 Å². The van der Waals surface area contributed by atoms with E-state index in [1.165, 1.54) is 0 Å². The highest BCUT2D eigenvalue weighted by molar-refractivity contribution is 6.31. The van der Waals surface area contributed by atoms with Gasteiger partial charge in [0.05, 0.1) is 11.2 Å². The Kier molecular flexibility index (Phi) is 2.97. The molecule has 0 atom stereocenters. The van der Waals surface area contributed by atoms with Gasteiger partial charge in [-0.1, -0.05) is 29.8 Å². The minimum atomic E-state index is 0.496. The first-order valence-corrected chi connectivity index (χ1v) is 6.14. The van der Waals surface area contributed by atoms with Gasteiger partial charge in [0.25, 0.3) is 0 Å². The molecule has 0 bridgehead atoms. The van der Waals surface area contributed by atoms with Gasteiger partial charge in [0.2, 0.25) is 0 Å². The van der Waals surface area contributed by atoms with E-state index in [-0.39, 0.29) is 0 Å². The summed E-state index contributed by atoms with van der Waals surface area (Å²) < 4.78 is 5.81. The van der Waals surface area contributed by atoms with Crippen molar-refractivity contribution < 1.29 is 9.53 Å². The maximum atomic E-state index is 10.8. The predicted octanol–water partition coefficient (Wildman–Crippen LogP) is 4.43. The number of para-hydroxylation sites is 1. The predicted molar refractivity (Wildman–Crippen MR) is 75.2 cm³/mol. The van der Waals surface area contributed by atoms with E-state index >= 15 is 0 Å². The molecular formula is C15H10ClNO2.